The number of piperazine rings is 1. The number of benzene rings is 3. The quantitative estimate of drug-likeness (QED) is 0.558. The highest BCUT2D eigenvalue weighted by Crippen LogP contribution is 2.24. The van der Waals surface area contributed by atoms with Crippen molar-refractivity contribution in [3.8, 4) is 5.75 Å². The average molecular weight is 459 g/mol. The molecule has 3 aromatic rings. The normalized spacial score (nSPS) is 14.8. The van der Waals surface area contributed by atoms with Crippen molar-refractivity contribution >= 4 is 28.9 Å². The molecule has 0 radical (unpaired) electrons. The van der Waals surface area contributed by atoms with Crippen molar-refractivity contribution in [1.82, 2.24) is 4.90 Å². The third kappa shape index (κ3) is 5.55. The number of carbonyl (C=O) groups is 2. The Morgan fingerprint density at radius 2 is 1.47 bits per heavy atom. The summed E-state index contributed by atoms with van der Waals surface area (Å²) in [5, 5.41) is 5.82. The number of carbonyl (C=O) groups excluding carboxylic acids is 2. The van der Waals surface area contributed by atoms with E-state index >= 15 is 0 Å². The van der Waals surface area contributed by atoms with Gasteiger partial charge in [0, 0.05) is 43.1 Å². The molecule has 1 heterocycles. The van der Waals surface area contributed by atoms with E-state index in [1.54, 1.807) is 43.5 Å². The molecule has 2 amide bonds. The molecule has 1 aliphatic heterocycles. The molecule has 1 saturated heterocycles. The summed E-state index contributed by atoms with van der Waals surface area (Å²) < 4.78 is 5.28. The van der Waals surface area contributed by atoms with Gasteiger partial charge in [0.15, 0.2) is 0 Å². The second kappa shape index (κ2) is 10.9. The van der Waals surface area contributed by atoms with Crippen molar-refractivity contribution in [2.45, 2.75) is 13.0 Å². The van der Waals surface area contributed by atoms with Crippen LogP contribution in [0.3, 0.4) is 0 Å². The Bertz CT molecular complexity index is 1110. The van der Waals surface area contributed by atoms with Crippen molar-refractivity contribution in [2.24, 2.45) is 0 Å². The lowest BCUT2D eigenvalue weighted by Crippen LogP contribution is -2.52. The van der Waals surface area contributed by atoms with Crippen LogP contribution in [0.1, 0.15) is 17.3 Å². The average Bonchev–Trinajstić information content (AvgIpc) is 2.89. The van der Waals surface area contributed by atoms with Gasteiger partial charge >= 0.3 is 0 Å². The molecule has 7 nitrogen and oxygen atoms in total. The number of ether oxygens (including phenoxy) is 1. The molecule has 176 valence electrons. The molecule has 1 aliphatic rings. The second-order valence-corrected chi connectivity index (χ2v) is 8.26. The van der Waals surface area contributed by atoms with Crippen LogP contribution in [0.15, 0.2) is 78.9 Å². The lowest BCUT2D eigenvalue weighted by atomic mass is 10.1. The minimum atomic E-state index is -0.244. The summed E-state index contributed by atoms with van der Waals surface area (Å²) in [6, 6.07) is 24.2. The molecule has 3 aromatic carbocycles. The summed E-state index contributed by atoms with van der Waals surface area (Å²) >= 11 is 0. The predicted octanol–water partition coefficient (Wildman–Crippen LogP) is 4.10. The summed E-state index contributed by atoms with van der Waals surface area (Å²) in [4.78, 5) is 30.0. The van der Waals surface area contributed by atoms with Crippen LogP contribution in [0.2, 0.25) is 0 Å². The molecular formula is C27H30N4O3. The number of nitrogens with one attached hydrogen (secondary N) is 2. The maximum absolute atomic E-state index is 12.8. The number of anilines is 3. The van der Waals surface area contributed by atoms with E-state index in [0.29, 0.717) is 22.7 Å². The van der Waals surface area contributed by atoms with Crippen LogP contribution in [-0.4, -0.2) is 56.0 Å². The number of rotatable bonds is 7. The Hall–Kier alpha value is -3.84. The lowest BCUT2D eigenvalue weighted by molar-refractivity contribution is -0.120. The Morgan fingerprint density at radius 1 is 0.824 bits per heavy atom. The molecule has 1 unspecified atom stereocenters. The van der Waals surface area contributed by atoms with Gasteiger partial charge in [-0.1, -0.05) is 30.3 Å². The van der Waals surface area contributed by atoms with Crippen LogP contribution in [0, 0.1) is 0 Å². The highest BCUT2D eigenvalue weighted by Gasteiger charge is 2.25. The van der Waals surface area contributed by atoms with E-state index in [1.807, 2.05) is 37.3 Å². The highest BCUT2D eigenvalue weighted by atomic mass is 16.5. The van der Waals surface area contributed by atoms with Gasteiger partial charge in [-0.2, -0.15) is 0 Å². The van der Waals surface area contributed by atoms with Gasteiger partial charge in [0.1, 0.15) is 5.75 Å². The first-order valence-electron chi connectivity index (χ1n) is 11.4. The summed E-state index contributed by atoms with van der Waals surface area (Å²) in [7, 11) is 1.56. The maximum Gasteiger partial charge on any atom is 0.255 e. The number of amides is 2. The van der Waals surface area contributed by atoms with Crippen molar-refractivity contribution in [3.63, 3.8) is 0 Å². The van der Waals surface area contributed by atoms with Gasteiger partial charge in [-0.15, -0.1) is 0 Å². The van der Waals surface area contributed by atoms with Gasteiger partial charge in [0.25, 0.3) is 5.91 Å². The molecule has 0 aromatic heterocycles. The van der Waals surface area contributed by atoms with E-state index in [2.05, 4.69) is 32.6 Å². The third-order valence-corrected chi connectivity index (χ3v) is 6.13. The van der Waals surface area contributed by atoms with Gasteiger partial charge in [-0.3, -0.25) is 14.5 Å². The van der Waals surface area contributed by atoms with E-state index in [9.17, 15) is 9.59 Å². The summed E-state index contributed by atoms with van der Waals surface area (Å²) in [6.07, 6.45) is 0. The predicted molar refractivity (Wildman–Crippen MR) is 136 cm³/mol. The Labute approximate surface area is 200 Å². The lowest BCUT2D eigenvalue weighted by Gasteiger charge is -2.38. The van der Waals surface area contributed by atoms with Gasteiger partial charge < -0.3 is 20.3 Å². The summed E-state index contributed by atoms with van der Waals surface area (Å²) in [5.74, 6) is 0.296. The minimum Gasteiger partial charge on any atom is -0.495 e. The first kappa shape index (κ1) is 23.3. The van der Waals surface area contributed by atoms with E-state index < -0.39 is 0 Å². The zero-order valence-electron chi connectivity index (χ0n) is 19.5. The van der Waals surface area contributed by atoms with Gasteiger partial charge in [-0.05, 0) is 55.5 Å². The number of para-hydroxylation sites is 3. The van der Waals surface area contributed by atoms with Crippen molar-refractivity contribution in [1.29, 1.82) is 0 Å². The zero-order valence-corrected chi connectivity index (χ0v) is 19.5. The van der Waals surface area contributed by atoms with Gasteiger partial charge in [-0.25, -0.2) is 0 Å². The van der Waals surface area contributed by atoms with Crippen molar-refractivity contribution in [3.05, 3.63) is 84.4 Å². The molecular weight excluding hydrogens is 428 g/mol. The molecule has 0 spiro atoms. The molecule has 0 bridgehead atoms. The number of hydrogen-bond acceptors (Lipinski definition) is 5. The standard InChI is InChI=1S/C27H30N4O3/c1-20(30-16-18-31(19-17-30)23-8-4-3-5-9-23)26(32)28-22-14-12-21(13-15-22)27(33)29-24-10-6-7-11-25(24)34-2/h3-15,20H,16-19H2,1-2H3,(H,28,32)(H,29,33). The molecule has 0 saturated carbocycles. The Morgan fingerprint density at radius 3 is 2.15 bits per heavy atom. The minimum absolute atomic E-state index is 0.0561. The third-order valence-electron chi connectivity index (χ3n) is 6.13. The van der Waals surface area contributed by atoms with Crippen LogP contribution in [-0.2, 0) is 4.79 Å². The van der Waals surface area contributed by atoms with E-state index in [0.717, 1.165) is 26.2 Å². The highest BCUT2D eigenvalue weighted by molar-refractivity contribution is 6.05. The smallest absolute Gasteiger partial charge is 0.255 e. The molecule has 1 atom stereocenters. The van der Waals surface area contributed by atoms with E-state index in [-0.39, 0.29) is 17.9 Å². The van der Waals surface area contributed by atoms with Crippen LogP contribution in [0.25, 0.3) is 0 Å². The molecule has 1 fully saturated rings. The van der Waals surface area contributed by atoms with Crippen LogP contribution in [0.4, 0.5) is 17.1 Å². The fourth-order valence-electron chi connectivity index (χ4n) is 4.07. The summed E-state index contributed by atoms with van der Waals surface area (Å²) in [6.45, 7) is 5.36. The van der Waals surface area contributed by atoms with Gasteiger partial charge in [0.05, 0.1) is 18.8 Å². The largest absolute Gasteiger partial charge is 0.495 e. The SMILES string of the molecule is COc1ccccc1NC(=O)c1ccc(NC(=O)C(C)N2CCN(c3ccccc3)CC2)cc1. The molecule has 34 heavy (non-hydrogen) atoms. The molecule has 7 heteroatoms. The molecule has 4 rings (SSSR count). The van der Waals surface area contributed by atoms with E-state index in [1.165, 1.54) is 5.69 Å². The van der Waals surface area contributed by atoms with Crippen LogP contribution < -0.4 is 20.3 Å². The maximum atomic E-state index is 12.8. The number of methoxy groups -OCH3 is 1. The molecule has 0 aliphatic carbocycles. The number of nitrogens with zero attached hydrogens (tertiary/aromatic N) is 2. The first-order valence-corrected chi connectivity index (χ1v) is 11.4. The Kier molecular flexibility index (Phi) is 7.44. The second-order valence-electron chi connectivity index (χ2n) is 8.26. The van der Waals surface area contributed by atoms with Gasteiger partial charge in [0.2, 0.25) is 5.91 Å². The zero-order chi connectivity index (χ0) is 23.9. The van der Waals surface area contributed by atoms with Crippen LogP contribution >= 0.6 is 0 Å². The van der Waals surface area contributed by atoms with Crippen molar-refractivity contribution < 1.29 is 14.3 Å². The topological polar surface area (TPSA) is 73.9 Å². The first-order chi connectivity index (χ1) is 16.5. The monoisotopic (exact) mass is 458 g/mol. The summed E-state index contributed by atoms with van der Waals surface area (Å²) in [5.41, 5.74) is 2.98. The number of hydrogen-bond donors (Lipinski definition) is 2. The molecule has 2 N–H and O–H groups in total. The van der Waals surface area contributed by atoms with E-state index in [4.69, 9.17) is 4.74 Å². The van der Waals surface area contributed by atoms with Crippen LogP contribution in [0.5, 0.6) is 5.75 Å². The fraction of sp³-hybridized carbons (Fsp3) is 0.259. The fourth-order valence-corrected chi connectivity index (χ4v) is 4.07. The van der Waals surface area contributed by atoms with Crippen molar-refractivity contribution in [2.75, 3.05) is 48.8 Å². The Balaban J connectivity index is 1.30.